The van der Waals surface area contributed by atoms with Gasteiger partial charge < -0.3 is 20.3 Å². The Bertz CT molecular complexity index is 1020. The second-order valence-corrected chi connectivity index (χ2v) is 7.99. The van der Waals surface area contributed by atoms with E-state index in [0.717, 1.165) is 37.4 Å². The van der Waals surface area contributed by atoms with E-state index in [9.17, 15) is 22.8 Å². The zero-order valence-electron chi connectivity index (χ0n) is 18.0. The van der Waals surface area contributed by atoms with Gasteiger partial charge in [0.1, 0.15) is 11.4 Å². The van der Waals surface area contributed by atoms with Gasteiger partial charge in [0.15, 0.2) is 6.10 Å². The van der Waals surface area contributed by atoms with E-state index in [2.05, 4.69) is 25.4 Å². The molecule has 4 rings (SSSR count). The number of amides is 2. The lowest BCUT2D eigenvalue weighted by Gasteiger charge is -2.36. The van der Waals surface area contributed by atoms with Crippen molar-refractivity contribution < 1.29 is 27.5 Å². The van der Waals surface area contributed by atoms with Crippen LogP contribution in [-0.2, 0) is 11.3 Å². The van der Waals surface area contributed by atoms with Crippen molar-refractivity contribution in [2.24, 2.45) is 0 Å². The van der Waals surface area contributed by atoms with E-state index < -0.39 is 24.6 Å². The molecule has 11 heteroatoms. The molecule has 1 fully saturated rings. The smallest absolute Gasteiger partial charge is 0.393 e. The maximum Gasteiger partial charge on any atom is 0.393 e. The number of ether oxygens (including phenoxy) is 1. The topological polar surface area (TPSA) is 86.8 Å². The summed E-state index contributed by atoms with van der Waals surface area (Å²) in [4.78, 5) is 32.3. The minimum absolute atomic E-state index is 0.228. The van der Waals surface area contributed by atoms with Crippen molar-refractivity contribution in [2.75, 3.05) is 43.4 Å². The molecule has 3 heterocycles. The molecule has 2 aliphatic heterocycles. The third kappa shape index (κ3) is 5.54. The number of aromatic nitrogens is 1. The fourth-order valence-corrected chi connectivity index (χ4v) is 3.90. The molecule has 2 N–H and O–H groups in total. The fraction of sp³-hybridized carbons (Fsp3) is 0.409. The van der Waals surface area contributed by atoms with Gasteiger partial charge in [-0.3, -0.25) is 14.5 Å². The predicted octanol–water partition coefficient (Wildman–Crippen LogP) is 2.42. The van der Waals surface area contributed by atoms with E-state index in [1.807, 2.05) is 6.07 Å². The van der Waals surface area contributed by atoms with Crippen LogP contribution in [0.3, 0.4) is 0 Å². The molecule has 8 nitrogen and oxygen atoms in total. The van der Waals surface area contributed by atoms with Gasteiger partial charge in [0.25, 0.3) is 11.8 Å². The number of pyridine rings is 1. The Balaban J connectivity index is 1.33. The Morgan fingerprint density at radius 1 is 1.21 bits per heavy atom. The summed E-state index contributed by atoms with van der Waals surface area (Å²) in [5, 5.41) is 5.07. The SMILES string of the molecule is CNC(=O)c1ccc(N2CCN(Cc3ccc4c(c3)NC(=O)[C@H](CC(F)(F)F)O4)CC2)cn1. The van der Waals surface area contributed by atoms with E-state index in [4.69, 9.17) is 4.74 Å². The van der Waals surface area contributed by atoms with Gasteiger partial charge in [-0.05, 0) is 29.8 Å². The average Bonchev–Trinajstić information content (AvgIpc) is 2.79. The number of rotatable bonds is 5. The van der Waals surface area contributed by atoms with Crippen LogP contribution in [0.4, 0.5) is 24.5 Å². The largest absolute Gasteiger partial charge is 0.478 e. The normalized spacial score (nSPS) is 18.8. The molecular formula is C22H24F3N5O3. The molecule has 0 aliphatic carbocycles. The van der Waals surface area contributed by atoms with E-state index >= 15 is 0 Å². The van der Waals surface area contributed by atoms with Crippen LogP contribution in [-0.4, -0.2) is 67.2 Å². The van der Waals surface area contributed by atoms with Crippen LogP contribution in [0.5, 0.6) is 5.75 Å². The van der Waals surface area contributed by atoms with Gasteiger partial charge in [-0.25, -0.2) is 4.98 Å². The first kappa shape index (κ1) is 22.8. The maximum absolute atomic E-state index is 12.6. The summed E-state index contributed by atoms with van der Waals surface area (Å²) >= 11 is 0. The summed E-state index contributed by atoms with van der Waals surface area (Å²) < 4.78 is 43.2. The average molecular weight is 463 g/mol. The van der Waals surface area contributed by atoms with Crippen LogP contribution < -0.4 is 20.3 Å². The van der Waals surface area contributed by atoms with Gasteiger partial charge in [0, 0.05) is 39.8 Å². The zero-order chi connectivity index (χ0) is 23.6. The molecule has 2 aliphatic rings. The molecule has 1 aromatic heterocycles. The summed E-state index contributed by atoms with van der Waals surface area (Å²) in [6, 6.07) is 8.72. The number of carbonyl (C=O) groups is 2. The third-order valence-corrected chi connectivity index (χ3v) is 5.63. The Kier molecular flexibility index (Phi) is 6.41. The molecule has 0 radical (unpaired) electrons. The van der Waals surface area contributed by atoms with Crippen molar-refractivity contribution >= 4 is 23.2 Å². The predicted molar refractivity (Wildman–Crippen MR) is 115 cm³/mol. The summed E-state index contributed by atoms with van der Waals surface area (Å²) in [5.41, 5.74) is 2.63. The highest BCUT2D eigenvalue weighted by Gasteiger charge is 2.39. The second kappa shape index (κ2) is 9.26. The summed E-state index contributed by atoms with van der Waals surface area (Å²) in [6.45, 7) is 3.79. The van der Waals surface area contributed by atoms with Crippen molar-refractivity contribution in [3.05, 3.63) is 47.8 Å². The zero-order valence-corrected chi connectivity index (χ0v) is 18.0. The molecule has 1 atom stereocenters. The quantitative estimate of drug-likeness (QED) is 0.709. The number of halogens is 3. The van der Waals surface area contributed by atoms with Crippen LogP contribution in [0.25, 0.3) is 0 Å². The van der Waals surface area contributed by atoms with Crippen LogP contribution in [0, 0.1) is 0 Å². The number of hydrogen-bond donors (Lipinski definition) is 2. The lowest BCUT2D eigenvalue weighted by Crippen LogP contribution is -2.46. The van der Waals surface area contributed by atoms with Gasteiger partial charge in [-0.1, -0.05) is 6.07 Å². The first-order valence-corrected chi connectivity index (χ1v) is 10.5. The van der Waals surface area contributed by atoms with E-state index in [0.29, 0.717) is 17.9 Å². The molecular weight excluding hydrogens is 439 g/mol. The maximum atomic E-state index is 12.6. The van der Waals surface area contributed by atoms with Gasteiger partial charge in [0.2, 0.25) is 0 Å². The molecule has 0 unspecified atom stereocenters. The van der Waals surface area contributed by atoms with Gasteiger partial charge in [-0.15, -0.1) is 0 Å². The number of benzene rings is 1. The standard InChI is InChI=1S/C22H24F3N5O3/c1-26-20(31)16-4-3-15(12-27-16)30-8-6-29(7-9-30)13-14-2-5-18-17(10-14)28-21(32)19(33-18)11-22(23,24)25/h2-5,10,12,19H,6-9,11,13H2,1H3,(H,26,31)(H,28,32)/t19-/m0/s1. The molecule has 1 saturated heterocycles. The van der Waals surface area contributed by atoms with Crippen molar-refractivity contribution in [2.45, 2.75) is 25.2 Å². The Hall–Kier alpha value is -3.34. The molecule has 0 bridgehead atoms. The summed E-state index contributed by atoms with van der Waals surface area (Å²) in [5.74, 6) is -0.777. The highest BCUT2D eigenvalue weighted by molar-refractivity contribution is 5.97. The number of fused-ring (bicyclic) bond motifs is 1. The lowest BCUT2D eigenvalue weighted by atomic mass is 10.1. The molecule has 176 valence electrons. The molecule has 1 aromatic carbocycles. The minimum atomic E-state index is -4.48. The van der Waals surface area contributed by atoms with Gasteiger partial charge in [0.05, 0.1) is 24.0 Å². The van der Waals surface area contributed by atoms with Gasteiger partial charge in [-0.2, -0.15) is 13.2 Å². The Labute approximate surface area is 188 Å². The summed E-state index contributed by atoms with van der Waals surface area (Å²) in [7, 11) is 1.56. The number of hydrogen-bond acceptors (Lipinski definition) is 6. The molecule has 33 heavy (non-hydrogen) atoms. The van der Waals surface area contributed by atoms with Crippen LogP contribution >= 0.6 is 0 Å². The Morgan fingerprint density at radius 3 is 2.61 bits per heavy atom. The van der Waals surface area contributed by atoms with Gasteiger partial charge >= 0.3 is 6.18 Å². The number of nitrogens with zero attached hydrogens (tertiary/aromatic N) is 3. The van der Waals surface area contributed by atoms with Crippen LogP contribution in [0.1, 0.15) is 22.5 Å². The molecule has 2 amide bonds. The highest BCUT2D eigenvalue weighted by atomic mass is 19.4. The molecule has 2 aromatic rings. The first-order valence-electron chi connectivity index (χ1n) is 10.5. The van der Waals surface area contributed by atoms with Crippen LogP contribution in [0.15, 0.2) is 36.5 Å². The van der Waals surface area contributed by atoms with E-state index in [-0.39, 0.29) is 11.7 Å². The number of anilines is 2. The summed E-state index contributed by atoms with van der Waals surface area (Å²) in [6.07, 6.45) is -5.69. The highest BCUT2D eigenvalue weighted by Crippen LogP contribution is 2.34. The lowest BCUT2D eigenvalue weighted by molar-refractivity contribution is -0.158. The number of carbonyl (C=O) groups excluding carboxylic acids is 2. The third-order valence-electron chi connectivity index (χ3n) is 5.63. The molecule has 0 saturated carbocycles. The number of nitrogens with one attached hydrogen (secondary N) is 2. The van der Waals surface area contributed by atoms with Crippen molar-refractivity contribution in [1.82, 2.24) is 15.2 Å². The number of alkyl halides is 3. The van der Waals surface area contributed by atoms with Crippen molar-refractivity contribution in [3.8, 4) is 5.75 Å². The van der Waals surface area contributed by atoms with E-state index in [1.165, 1.54) is 0 Å². The first-order chi connectivity index (χ1) is 15.7. The van der Waals surface area contributed by atoms with Crippen molar-refractivity contribution in [1.29, 1.82) is 0 Å². The number of piperazine rings is 1. The minimum Gasteiger partial charge on any atom is -0.478 e. The van der Waals surface area contributed by atoms with E-state index in [1.54, 1.807) is 37.5 Å². The van der Waals surface area contributed by atoms with Crippen molar-refractivity contribution in [3.63, 3.8) is 0 Å². The monoisotopic (exact) mass is 463 g/mol. The second-order valence-electron chi connectivity index (χ2n) is 7.99. The molecule has 0 spiro atoms. The Morgan fingerprint density at radius 2 is 1.97 bits per heavy atom. The fourth-order valence-electron chi connectivity index (χ4n) is 3.90. The van der Waals surface area contributed by atoms with Crippen LogP contribution in [0.2, 0.25) is 0 Å².